The Morgan fingerprint density at radius 1 is 1.28 bits per heavy atom. The molecule has 0 aromatic carbocycles. The molecule has 2 N–H and O–H groups in total. The van der Waals surface area contributed by atoms with Gasteiger partial charge >= 0.3 is 0 Å². The minimum absolute atomic E-state index is 0.509. The third-order valence-electron chi connectivity index (χ3n) is 3.03. The summed E-state index contributed by atoms with van der Waals surface area (Å²) in [7, 11) is 0. The van der Waals surface area contributed by atoms with E-state index in [1.807, 2.05) is 12.1 Å². The Morgan fingerprint density at radius 3 is 2.72 bits per heavy atom. The van der Waals surface area contributed by atoms with Crippen molar-refractivity contribution in [3.05, 3.63) is 30.1 Å². The lowest BCUT2D eigenvalue weighted by Gasteiger charge is -2.23. The number of thiocarbonyl (C=S) groups is 1. The van der Waals surface area contributed by atoms with Crippen LogP contribution in [0.5, 0.6) is 0 Å². The van der Waals surface area contributed by atoms with Gasteiger partial charge in [-0.15, -0.1) is 0 Å². The van der Waals surface area contributed by atoms with E-state index in [9.17, 15) is 0 Å². The van der Waals surface area contributed by atoms with Gasteiger partial charge in [-0.25, -0.2) is 0 Å². The van der Waals surface area contributed by atoms with Gasteiger partial charge in [-0.05, 0) is 42.8 Å². The first-order chi connectivity index (χ1) is 8.84. The molecule has 0 aliphatic heterocycles. The maximum atomic E-state index is 5.20. The molecule has 0 unspecified atom stereocenters. The fourth-order valence-electron chi connectivity index (χ4n) is 2.08. The number of hydrazone groups is 1. The van der Waals surface area contributed by atoms with Crippen molar-refractivity contribution < 1.29 is 0 Å². The van der Waals surface area contributed by atoms with Crippen LogP contribution in [0.2, 0.25) is 0 Å². The van der Waals surface area contributed by atoms with Crippen LogP contribution in [-0.4, -0.2) is 22.4 Å². The van der Waals surface area contributed by atoms with Crippen molar-refractivity contribution in [3.63, 3.8) is 0 Å². The van der Waals surface area contributed by atoms with Crippen LogP contribution in [0.4, 0.5) is 0 Å². The molecule has 1 fully saturated rings. The second-order valence-corrected chi connectivity index (χ2v) is 4.87. The predicted octanol–water partition coefficient (Wildman–Crippen LogP) is 2.21. The third kappa shape index (κ3) is 4.41. The second kappa shape index (κ2) is 7.06. The first-order valence-electron chi connectivity index (χ1n) is 6.34. The number of aromatic nitrogens is 1. The van der Waals surface area contributed by atoms with E-state index in [-0.39, 0.29) is 0 Å². The van der Waals surface area contributed by atoms with Crippen molar-refractivity contribution in [2.24, 2.45) is 5.10 Å². The zero-order valence-electron chi connectivity index (χ0n) is 10.3. The van der Waals surface area contributed by atoms with E-state index in [2.05, 4.69) is 20.8 Å². The molecule has 0 atom stereocenters. The molecular formula is C13H18N4S. The molecule has 2 rings (SSSR count). The van der Waals surface area contributed by atoms with E-state index in [1.54, 1.807) is 18.6 Å². The molecule has 1 aliphatic rings. The first kappa shape index (κ1) is 13.0. The highest BCUT2D eigenvalue weighted by Gasteiger charge is 2.13. The number of hydrogen-bond donors (Lipinski definition) is 2. The van der Waals surface area contributed by atoms with Crippen molar-refractivity contribution in [2.45, 2.75) is 38.1 Å². The Kier molecular flexibility index (Phi) is 5.08. The largest absolute Gasteiger partial charge is 0.359 e. The Labute approximate surface area is 113 Å². The van der Waals surface area contributed by atoms with Gasteiger partial charge in [0.2, 0.25) is 0 Å². The summed E-state index contributed by atoms with van der Waals surface area (Å²) >= 11 is 5.20. The Hall–Kier alpha value is -1.49. The van der Waals surface area contributed by atoms with Gasteiger partial charge < -0.3 is 5.32 Å². The molecule has 1 aromatic heterocycles. The van der Waals surface area contributed by atoms with E-state index in [1.165, 1.54) is 32.1 Å². The van der Waals surface area contributed by atoms with Crippen LogP contribution in [0.25, 0.3) is 0 Å². The molecule has 0 bridgehead atoms. The number of hydrogen-bond acceptors (Lipinski definition) is 3. The van der Waals surface area contributed by atoms with Crippen LogP contribution in [-0.2, 0) is 0 Å². The fraction of sp³-hybridized carbons (Fsp3) is 0.462. The van der Waals surface area contributed by atoms with Crippen LogP contribution in [0, 0.1) is 0 Å². The molecule has 0 amide bonds. The van der Waals surface area contributed by atoms with Gasteiger partial charge in [0.1, 0.15) is 0 Å². The van der Waals surface area contributed by atoms with Crippen molar-refractivity contribution in [3.8, 4) is 0 Å². The maximum absolute atomic E-state index is 5.20. The summed E-state index contributed by atoms with van der Waals surface area (Å²) in [6.07, 6.45) is 11.5. The summed E-state index contributed by atoms with van der Waals surface area (Å²) in [5, 5.41) is 8.00. The summed E-state index contributed by atoms with van der Waals surface area (Å²) in [5.74, 6) is 0. The standard InChI is InChI=1S/C13H18N4S/c18-13(16-12-4-2-1-3-5-12)17-15-10-11-6-8-14-9-7-11/h6-10,12H,1-5H2,(H2,16,17,18). The SMILES string of the molecule is S=C(NN=Cc1ccncc1)NC1CCCCC1. The highest BCUT2D eigenvalue weighted by Crippen LogP contribution is 2.17. The van der Waals surface area contributed by atoms with E-state index < -0.39 is 0 Å². The summed E-state index contributed by atoms with van der Waals surface area (Å²) < 4.78 is 0. The smallest absolute Gasteiger partial charge is 0.187 e. The van der Waals surface area contributed by atoms with Gasteiger partial charge in [0.15, 0.2) is 5.11 Å². The van der Waals surface area contributed by atoms with Crippen LogP contribution in [0.15, 0.2) is 29.6 Å². The monoisotopic (exact) mass is 262 g/mol. The Bertz CT molecular complexity index is 399. The van der Waals surface area contributed by atoms with E-state index >= 15 is 0 Å². The number of rotatable bonds is 3. The molecule has 0 spiro atoms. The zero-order chi connectivity index (χ0) is 12.6. The molecule has 1 saturated carbocycles. The summed E-state index contributed by atoms with van der Waals surface area (Å²) in [6, 6.07) is 4.29. The lowest BCUT2D eigenvalue weighted by atomic mass is 9.96. The van der Waals surface area contributed by atoms with Gasteiger partial charge in [-0.2, -0.15) is 5.10 Å². The quantitative estimate of drug-likeness (QED) is 0.498. The molecule has 18 heavy (non-hydrogen) atoms. The lowest BCUT2D eigenvalue weighted by Crippen LogP contribution is -2.40. The lowest BCUT2D eigenvalue weighted by molar-refractivity contribution is 0.412. The number of nitrogens with one attached hydrogen (secondary N) is 2. The number of pyridine rings is 1. The van der Waals surface area contributed by atoms with Gasteiger partial charge in [0, 0.05) is 18.4 Å². The normalized spacial score (nSPS) is 16.7. The van der Waals surface area contributed by atoms with Gasteiger partial charge in [0.05, 0.1) is 6.21 Å². The van der Waals surface area contributed by atoms with Crippen molar-refractivity contribution >= 4 is 23.5 Å². The minimum Gasteiger partial charge on any atom is -0.359 e. The van der Waals surface area contributed by atoms with Crippen molar-refractivity contribution in [1.82, 2.24) is 15.7 Å². The van der Waals surface area contributed by atoms with Crippen LogP contribution < -0.4 is 10.7 Å². The molecule has 4 nitrogen and oxygen atoms in total. The van der Waals surface area contributed by atoms with Crippen LogP contribution >= 0.6 is 12.2 Å². The van der Waals surface area contributed by atoms with E-state index in [0.29, 0.717) is 11.2 Å². The van der Waals surface area contributed by atoms with Crippen molar-refractivity contribution in [1.29, 1.82) is 0 Å². The highest BCUT2D eigenvalue weighted by atomic mass is 32.1. The fourth-order valence-corrected chi connectivity index (χ4v) is 2.30. The van der Waals surface area contributed by atoms with Crippen molar-refractivity contribution in [2.75, 3.05) is 0 Å². The first-order valence-corrected chi connectivity index (χ1v) is 6.75. The van der Waals surface area contributed by atoms with E-state index in [4.69, 9.17) is 12.2 Å². The molecule has 96 valence electrons. The molecule has 1 aliphatic carbocycles. The average Bonchev–Trinajstić information content (AvgIpc) is 2.41. The zero-order valence-corrected chi connectivity index (χ0v) is 11.1. The van der Waals surface area contributed by atoms with Gasteiger partial charge in [0.25, 0.3) is 0 Å². The highest BCUT2D eigenvalue weighted by molar-refractivity contribution is 7.80. The van der Waals surface area contributed by atoms with Gasteiger partial charge in [-0.1, -0.05) is 19.3 Å². The van der Waals surface area contributed by atoms with Crippen LogP contribution in [0.3, 0.4) is 0 Å². The molecule has 1 aromatic rings. The molecule has 0 radical (unpaired) electrons. The second-order valence-electron chi connectivity index (χ2n) is 4.46. The number of nitrogens with zero attached hydrogens (tertiary/aromatic N) is 2. The van der Waals surface area contributed by atoms with Gasteiger partial charge in [-0.3, -0.25) is 10.4 Å². The summed E-state index contributed by atoms with van der Waals surface area (Å²) in [4.78, 5) is 3.95. The maximum Gasteiger partial charge on any atom is 0.187 e. The molecule has 5 heteroatoms. The summed E-state index contributed by atoms with van der Waals surface area (Å²) in [6.45, 7) is 0. The topological polar surface area (TPSA) is 49.3 Å². The molecule has 1 heterocycles. The van der Waals surface area contributed by atoms with Crippen LogP contribution in [0.1, 0.15) is 37.7 Å². The Balaban J connectivity index is 1.72. The molecular weight excluding hydrogens is 244 g/mol. The minimum atomic E-state index is 0.509. The average molecular weight is 262 g/mol. The third-order valence-corrected chi connectivity index (χ3v) is 3.24. The Morgan fingerprint density at radius 2 is 2.00 bits per heavy atom. The molecule has 0 saturated heterocycles. The summed E-state index contributed by atoms with van der Waals surface area (Å²) in [5.41, 5.74) is 3.85. The van der Waals surface area contributed by atoms with E-state index in [0.717, 1.165) is 5.56 Å². The predicted molar refractivity (Wildman–Crippen MR) is 77.6 cm³/mol.